The lowest BCUT2D eigenvalue weighted by Gasteiger charge is -2.22. The van der Waals surface area contributed by atoms with Gasteiger partial charge in [-0.15, -0.1) is 0 Å². The molecule has 0 aliphatic heterocycles. The molecule has 30 heavy (non-hydrogen) atoms. The molecule has 0 fully saturated rings. The number of hydrogen-bond donors (Lipinski definition) is 5. The van der Waals surface area contributed by atoms with Crippen molar-refractivity contribution >= 4 is 18.2 Å². The van der Waals surface area contributed by atoms with Crippen molar-refractivity contribution in [1.29, 1.82) is 0 Å². The van der Waals surface area contributed by atoms with Gasteiger partial charge in [-0.3, -0.25) is 15.3 Å². The first-order valence-electron chi connectivity index (χ1n) is 9.95. The molecule has 1 atom stereocenters. The second-order valence-corrected chi connectivity index (χ2v) is 7.60. The molecule has 0 radical (unpaired) electrons. The molecule has 0 aliphatic carbocycles. The summed E-state index contributed by atoms with van der Waals surface area (Å²) in [4.78, 5) is 38.9. The highest BCUT2D eigenvalue weighted by Crippen LogP contribution is 2.08. The van der Waals surface area contributed by atoms with Crippen LogP contribution in [0.15, 0.2) is 0 Å². The lowest BCUT2D eigenvalue weighted by atomic mass is 10.1. The molecule has 0 heterocycles. The number of aliphatic carboxylic acids is 1. The van der Waals surface area contributed by atoms with Gasteiger partial charge in [0.1, 0.15) is 11.6 Å². The predicted octanol–water partition coefficient (Wildman–Crippen LogP) is 2.43. The van der Waals surface area contributed by atoms with Gasteiger partial charge in [0.2, 0.25) is 0 Å². The summed E-state index contributed by atoms with van der Waals surface area (Å²) >= 11 is 0. The van der Waals surface area contributed by atoms with E-state index in [0.29, 0.717) is 32.2 Å². The van der Waals surface area contributed by atoms with E-state index in [0.717, 1.165) is 12.8 Å². The van der Waals surface area contributed by atoms with Gasteiger partial charge >= 0.3 is 18.2 Å². The first-order valence-corrected chi connectivity index (χ1v) is 9.95. The highest BCUT2D eigenvalue weighted by Gasteiger charge is 2.23. The Morgan fingerprint density at radius 1 is 0.933 bits per heavy atom. The molecular weight excluding hydrogens is 402 g/mol. The van der Waals surface area contributed by atoms with Gasteiger partial charge in [0.25, 0.3) is 0 Å². The van der Waals surface area contributed by atoms with E-state index in [1.165, 1.54) is 0 Å². The van der Waals surface area contributed by atoms with Crippen molar-refractivity contribution in [2.24, 2.45) is 0 Å². The molecule has 0 aliphatic rings. The van der Waals surface area contributed by atoms with E-state index in [2.05, 4.69) is 15.5 Å². The fourth-order valence-corrected chi connectivity index (χ4v) is 2.29. The third-order valence-corrected chi connectivity index (χ3v) is 3.66. The molecule has 0 saturated carbocycles. The van der Waals surface area contributed by atoms with E-state index in [9.17, 15) is 19.5 Å². The highest BCUT2D eigenvalue weighted by atomic mass is 17.1. The number of carboxylic acids is 1. The number of carboxylic acid groups (broad SMARTS) is 1. The lowest BCUT2D eigenvalue weighted by Crippen LogP contribution is -2.43. The highest BCUT2D eigenvalue weighted by molar-refractivity contribution is 5.79. The van der Waals surface area contributed by atoms with Crippen LogP contribution in [0.25, 0.3) is 0 Å². The topological polar surface area (TPSA) is 167 Å². The maximum Gasteiger partial charge on any atom is 0.408 e. The second-order valence-electron chi connectivity index (χ2n) is 7.60. The summed E-state index contributed by atoms with van der Waals surface area (Å²) < 4.78 is 10.1. The molecule has 12 heteroatoms. The number of hydrogen-bond acceptors (Lipinski definition) is 9. The van der Waals surface area contributed by atoms with Gasteiger partial charge in [-0.1, -0.05) is 6.42 Å². The number of ether oxygens (including phenoxy) is 2. The Bertz CT molecular complexity index is 510. The minimum atomic E-state index is -1.15. The van der Waals surface area contributed by atoms with Gasteiger partial charge in [0, 0.05) is 6.54 Å². The summed E-state index contributed by atoms with van der Waals surface area (Å²) in [6.07, 6.45) is 2.80. The first kappa shape index (κ1) is 27.8. The van der Waals surface area contributed by atoms with E-state index in [4.69, 9.17) is 19.9 Å². The molecule has 2 amide bonds. The third kappa shape index (κ3) is 17.9. The van der Waals surface area contributed by atoms with Gasteiger partial charge in [-0.05, 0) is 59.3 Å². The number of carbonyl (C=O) groups excluding carboxylic acids is 2. The number of nitrogens with zero attached hydrogens (tertiary/aromatic N) is 1. The summed E-state index contributed by atoms with van der Waals surface area (Å²) in [5, 5.41) is 30.4. The van der Waals surface area contributed by atoms with Crippen LogP contribution in [0.1, 0.15) is 65.7 Å². The number of nitrogens with one attached hydrogen (secondary N) is 2. The van der Waals surface area contributed by atoms with Gasteiger partial charge < -0.3 is 25.2 Å². The Balaban J connectivity index is 3.75. The zero-order valence-electron chi connectivity index (χ0n) is 17.9. The molecule has 0 bridgehead atoms. The molecule has 176 valence electrons. The fourth-order valence-electron chi connectivity index (χ4n) is 2.29. The molecule has 0 aromatic heterocycles. The normalized spacial score (nSPS) is 12.3. The third-order valence-electron chi connectivity index (χ3n) is 3.66. The maximum absolute atomic E-state index is 11.7. The van der Waals surface area contributed by atoms with Crippen LogP contribution < -0.4 is 10.6 Å². The summed E-state index contributed by atoms with van der Waals surface area (Å²) in [6, 6.07) is -1.06. The smallest absolute Gasteiger partial charge is 0.408 e. The quantitative estimate of drug-likeness (QED) is 0.190. The number of unbranched alkanes of at least 4 members (excludes halogenated alkanes) is 4. The van der Waals surface area contributed by atoms with Crippen LogP contribution in [0.5, 0.6) is 0 Å². The van der Waals surface area contributed by atoms with Crippen LogP contribution >= 0.6 is 0 Å². The SMILES string of the molecule is CC(C)(C)OC(=O)NC(CCCCNC(=O)OCCCCCCON(O)O)C(=O)O. The molecule has 1 unspecified atom stereocenters. The lowest BCUT2D eigenvalue weighted by molar-refractivity contribution is -0.492. The number of rotatable bonds is 15. The first-order chi connectivity index (χ1) is 14.0. The van der Waals surface area contributed by atoms with Crippen molar-refractivity contribution in [2.45, 2.75) is 77.4 Å². The van der Waals surface area contributed by atoms with Gasteiger partial charge in [-0.25, -0.2) is 14.4 Å². The van der Waals surface area contributed by atoms with Gasteiger partial charge in [0.05, 0.1) is 18.6 Å². The van der Waals surface area contributed by atoms with E-state index < -0.39 is 29.8 Å². The molecule has 0 aromatic carbocycles. The van der Waals surface area contributed by atoms with Crippen molar-refractivity contribution < 1.29 is 44.2 Å². The number of amides is 2. The van der Waals surface area contributed by atoms with Crippen LogP contribution in [-0.2, 0) is 19.1 Å². The average Bonchev–Trinajstić information content (AvgIpc) is 2.60. The fraction of sp³-hybridized carbons (Fsp3) is 0.833. The van der Waals surface area contributed by atoms with E-state index in [-0.39, 0.29) is 25.0 Å². The van der Waals surface area contributed by atoms with Crippen molar-refractivity contribution in [2.75, 3.05) is 19.8 Å². The van der Waals surface area contributed by atoms with Crippen LogP contribution in [0.4, 0.5) is 9.59 Å². The Morgan fingerprint density at radius 3 is 2.13 bits per heavy atom. The van der Waals surface area contributed by atoms with Crippen LogP contribution in [-0.4, -0.2) is 70.5 Å². The van der Waals surface area contributed by atoms with E-state index >= 15 is 0 Å². The van der Waals surface area contributed by atoms with Crippen molar-refractivity contribution in [1.82, 2.24) is 16.0 Å². The van der Waals surface area contributed by atoms with Gasteiger partial charge in [-0.2, -0.15) is 0 Å². The Hall–Kier alpha value is -2.15. The molecular formula is C18H35N3O9. The molecule has 12 nitrogen and oxygen atoms in total. The standard InChI is InChI=1S/C18H35N3O9/c1-18(2,3)30-17(25)20-14(15(22)23)10-6-7-11-19-16(24)28-12-8-4-5-9-13-29-21(26)27/h14,26-27H,4-13H2,1-3H3,(H,19,24)(H,20,25)(H,22,23). The summed E-state index contributed by atoms with van der Waals surface area (Å²) in [7, 11) is 0. The van der Waals surface area contributed by atoms with E-state index in [1.807, 2.05) is 0 Å². The number of alkyl carbamates (subject to hydrolysis) is 2. The van der Waals surface area contributed by atoms with Crippen LogP contribution in [0, 0.1) is 0 Å². The minimum Gasteiger partial charge on any atom is -0.480 e. The largest absolute Gasteiger partial charge is 0.480 e. The van der Waals surface area contributed by atoms with Crippen molar-refractivity contribution in [3.63, 3.8) is 0 Å². The van der Waals surface area contributed by atoms with Crippen molar-refractivity contribution in [3.05, 3.63) is 0 Å². The van der Waals surface area contributed by atoms with Crippen molar-refractivity contribution in [3.8, 4) is 0 Å². The molecule has 0 spiro atoms. The van der Waals surface area contributed by atoms with Crippen LogP contribution in [0.3, 0.4) is 0 Å². The van der Waals surface area contributed by atoms with Crippen LogP contribution in [0.2, 0.25) is 0 Å². The monoisotopic (exact) mass is 437 g/mol. The number of carbonyl (C=O) groups is 3. The predicted molar refractivity (Wildman–Crippen MR) is 104 cm³/mol. The maximum atomic E-state index is 11.7. The Kier molecular flexibility index (Phi) is 14.5. The minimum absolute atomic E-state index is 0.185. The second kappa shape index (κ2) is 15.7. The molecule has 0 saturated heterocycles. The summed E-state index contributed by atoms with van der Waals surface area (Å²) in [5.41, 5.74) is -0.715. The van der Waals surface area contributed by atoms with E-state index in [1.54, 1.807) is 20.8 Å². The molecule has 0 rings (SSSR count). The zero-order valence-corrected chi connectivity index (χ0v) is 17.9. The van der Waals surface area contributed by atoms with Gasteiger partial charge in [0.15, 0.2) is 0 Å². The average molecular weight is 437 g/mol. The Labute approximate surface area is 176 Å². The Morgan fingerprint density at radius 2 is 1.57 bits per heavy atom. The zero-order chi connectivity index (χ0) is 23.0. The summed E-state index contributed by atoms with van der Waals surface area (Å²) in [6.45, 7) is 5.83. The molecule has 0 aromatic rings. The molecule has 5 N–H and O–H groups in total. The summed E-state index contributed by atoms with van der Waals surface area (Å²) in [5.74, 6) is -1.15.